The lowest BCUT2D eigenvalue weighted by atomic mass is 9.96. The Morgan fingerprint density at radius 3 is 2.81 bits per heavy atom. The number of fused-ring (bicyclic) bond motifs is 1. The molecule has 3 heterocycles. The lowest BCUT2D eigenvalue weighted by Crippen LogP contribution is -2.36. The molecule has 1 atom stereocenters. The van der Waals surface area contributed by atoms with Crippen molar-refractivity contribution in [1.29, 1.82) is 0 Å². The summed E-state index contributed by atoms with van der Waals surface area (Å²) in [6.07, 6.45) is 2.29. The molecule has 4 rings (SSSR count). The van der Waals surface area contributed by atoms with Gasteiger partial charge < -0.3 is 15.0 Å². The van der Waals surface area contributed by atoms with E-state index in [1.807, 2.05) is 6.92 Å². The Morgan fingerprint density at radius 1 is 1.25 bits per heavy atom. The van der Waals surface area contributed by atoms with Crippen LogP contribution < -0.4 is 5.32 Å². The first-order valence-corrected chi connectivity index (χ1v) is 10.7. The van der Waals surface area contributed by atoms with Crippen molar-refractivity contribution in [2.45, 2.75) is 45.8 Å². The summed E-state index contributed by atoms with van der Waals surface area (Å²) in [7, 11) is 0. The van der Waals surface area contributed by atoms with Gasteiger partial charge in [0.05, 0.1) is 18.2 Å². The van der Waals surface area contributed by atoms with Gasteiger partial charge in [-0.1, -0.05) is 6.07 Å². The molecule has 1 aliphatic heterocycles. The quantitative estimate of drug-likeness (QED) is 0.614. The van der Waals surface area contributed by atoms with Crippen LogP contribution in [0.5, 0.6) is 0 Å². The number of nitrogens with zero attached hydrogens (tertiary/aromatic N) is 5. The molecule has 0 radical (unpaired) electrons. The highest BCUT2D eigenvalue weighted by atomic mass is 19.1. The monoisotopic (exact) mass is 438 g/mol. The minimum absolute atomic E-state index is 0.00127. The van der Waals surface area contributed by atoms with Crippen LogP contribution in [0, 0.1) is 5.82 Å². The SMILES string of the molecule is CC(C)N1CCc2cc(F)c(C(=O)Nc3cccc(-c4nncn4[C@H](C)CO)n3)cc2C1. The maximum absolute atomic E-state index is 14.7. The summed E-state index contributed by atoms with van der Waals surface area (Å²) in [5.41, 5.74) is 2.41. The van der Waals surface area contributed by atoms with Crippen molar-refractivity contribution in [1.82, 2.24) is 24.6 Å². The number of pyridine rings is 1. The van der Waals surface area contributed by atoms with E-state index in [2.05, 4.69) is 39.2 Å². The first-order chi connectivity index (χ1) is 15.4. The molecule has 0 unspecified atom stereocenters. The summed E-state index contributed by atoms with van der Waals surface area (Å²) >= 11 is 0. The Hall–Kier alpha value is -3.17. The van der Waals surface area contributed by atoms with E-state index in [4.69, 9.17) is 0 Å². The predicted molar refractivity (Wildman–Crippen MR) is 119 cm³/mol. The summed E-state index contributed by atoms with van der Waals surface area (Å²) in [4.78, 5) is 19.6. The van der Waals surface area contributed by atoms with E-state index >= 15 is 0 Å². The molecule has 0 saturated heterocycles. The topological polar surface area (TPSA) is 96.2 Å². The molecule has 0 fully saturated rings. The number of aliphatic hydroxyl groups is 1. The molecule has 168 valence electrons. The van der Waals surface area contributed by atoms with Crippen molar-refractivity contribution in [3.8, 4) is 11.5 Å². The number of hydrogen-bond acceptors (Lipinski definition) is 6. The van der Waals surface area contributed by atoms with Crippen LogP contribution in [-0.4, -0.2) is 54.9 Å². The number of rotatable bonds is 6. The lowest BCUT2D eigenvalue weighted by molar-refractivity contribution is 0.102. The molecule has 1 amide bonds. The molecular formula is C23H27FN6O2. The van der Waals surface area contributed by atoms with Gasteiger partial charge in [0.1, 0.15) is 23.7 Å². The summed E-state index contributed by atoms with van der Waals surface area (Å²) in [6, 6.07) is 8.38. The summed E-state index contributed by atoms with van der Waals surface area (Å²) < 4.78 is 16.4. The van der Waals surface area contributed by atoms with Gasteiger partial charge >= 0.3 is 0 Å². The average molecular weight is 439 g/mol. The maximum Gasteiger partial charge on any atom is 0.259 e. The molecule has 1 aromatic carbocycles. The summed E-state index contributed by atoms with van der Waals surface area (Å²) in [5, 5.41) is 20.1. The standard InChI is InChI=1S/C23H27FN6O2/c1-14(2)29-8-7-16-10-19(24)18(9-17(16)11-29)23(32)27-21-6-4-5-20(26-21)22-28-25-13-30(22)15(3)12-31/h4-6,9-10,13-15,31H,7-8,11-12H2,1-3H3,(H,26,27,32)/t15-/m1/s1. The van der Waals surface area contributed by atoms with Crippen molar-refractivity contribution in [2.24, 2.45) is 0 Å². The number of carbonyl (C=O) groups excluding carboxylic acids is 1. The fourth-order valence-corrected chi connectivity index (χ4v) is 3.86. The van der Waals surface area contributed by atoms with E-state index < -0.39 is 11.7 Å². The van der Waals surface area contributed by atoms with Gasteiger partial charge in [0.2, 0.25) is 0 Å². The first-order valence-electron chi connectivity index (χ1n) is 10.7. The van der Waals surface area contributed by atoms with E-state index in [9.17, 15) is 14.3 Å². The number of aromatic nitrogens is 4. The van der Waals surface area contributed by atoms with E-state index in [1.54, 1.807) is 28.8 Å². The minimum atomic E-state index is -0.554. The van der Waals surface area contributed by atoms with Crippen LogP contribution in [0.15, 0.2) is 36.7 Å². The smallest absolute Gasteiger partial charge is 0.259 e. The molecule has 9 heteroatoms. The Balaban J connectivity index is 1.57. The molecule has 0 saturated carbocycles. The van der Waals surface area contributed by atoms with Gasteiger partial charge in [-0.2, -0.15) is 0 Å². The highest BCUT2D eigenvalue weighted by molar-refractivity contribution is 6.04. The zero-order chi connectivity index (χ0) is 22.8. The number of anilines is 1. The molecule has 2 aromatic heterocycles. The fourth-order valence-electron chi connectivity index (χ4n) is 3.86. The second-order valence-corrected chi connectivity index (χ2v) is 8.37. The third-order valence-electron chi connectivity index (χ3n) is 5.84. The molecule has 0 spiro atoms. The zero-order valence-corrected chi connectivity index (χ0v) is 18.4. The largest absolute Gasteiger partial charge is 0.394 e. The molecule has 32 heavy (non-hydrogen) atoms. The molecule has 3 aromatic rings. The van der Waals surface area contributed by atoms with Crippen LogP contribution in [0.25, 0.3) is 11.5 Å². The third-order valence-corrected chi connectivity index (χ3v) is 5.84. The molecule has 0 bridgehead atoms. The van der Waals surface area contributed by atoms with Crippen LogP contribution in [0.1, 0.15) is 48.3 Å². The van der Waals surface area contributed by atoms with Crippen molar-refractivity contribution in [3.63, 3.8) is 0 Å². The predicted octanol–water partition coefficient (Wildman–Crippen LogP) is 3.05. The molecule has 1 aliphatic rings. The first kappa shape index (κ1) is 22.0. The Kier molecular flexibility index (Phi) is 6.29. The number of aliphatic hydroxyl groups excluding tert-OH is 1. The zero-order valence-electron chi connectivity index (χ0n) is 18.4. The van der Waals surface area contributed by atoms with Crippen molar-refractivity contribution < 1.29 is 14.3 Å². The van der Waals surface area contributed by atoms with E-state index in [0.717, 1.165) is 24.1 Å². The Bertz CT molecular complexity index is 1130. The van der Waals surface area contributed by atoms with E-state index in [1.165, 1.54) is 12.4 Å². The van der Waals surface area contributed by atoms with Gasteiger partial charge in [0.15, 0.2) is 5.82 Å². The maximum atomic E-state index is 14.7. The van der Waals surface area contributed by atoms with Crippen LogP contribution in [-0.2, 0) is 13.0 Å². The molecule has 8 nitrogen and oxygen atoms in total. The van der Waals surface area contributed by atoms with Crippen LogP contribution in [0.3, 0.4) is 0 Å². The minimum Gasteiger partial charge on any atom is -0.394 e. The molecule has 2 N–H and O–H groups in total. The summed E-state index contributed by atoms with van der Waals surface area (Å²) in [5.74, 6) is -0.343. The van der Waals surface area contributed by atoms with Crippen LogP contribution in [0.2, 0.25) is 0 Å². The molecule has 0 aliphatic carbocycles. The van der Waals surface area contributed by atoms with Gasteiger partial charge in [-0.25, -0.2) is 9.37 Å². The number of carbonyl (C=O) groups is 1. The van der Waals surface area contributed by atoms with Crippen LogP contribution in [0.4, 0.5) is 10.2 Å². The van der Waals surface area contributed by atoms with Crippen molar-refractivity contribution >= 4 is 11.7 Å². The van der Waals surface area contributed by atoms with Gasteiger partial charge in [-0.15, -0.1) is 10.2 Å². The van der Waals surface area contributed by atoms with Crippen LogP contribution >= 0.6 is 0 Å². The third kappa shape index (κ3) is 4.39. The van der Waals surface area contributed by atoms with Crippen molar-refractivity contribution in [3.05, 3.63) is 59.2 Å². The second-order valence-electron chi connectivity index (χ2n) is 8.37. The van der Waals surface area contributed by atoms with Gasteiger partial charge in [0, 0.05) is 19.1 Å². The lowest BCUT2D eigenvalue weighted by Gasteiger charge is -2.32. The molecular weight excluding hydrogens is 411 g/mol. The van der Waals surface area contributed by atoms with Gasteiger partial charge in [0.25, 0.3) is 5.91 Å². The fraction of sp³-hybridized carbons (Fsp3) is 0.391. The number of hydrogen-bond donors (Lipinski definition) is 2. The number of amides is 1. The van der Waals surface area contributed by atoms with Gasteiger partial charge in [-0.05, 0) is 62.6 Å². The number of nitrogens with one attached hydrogen (secondary N) is 1. The van der Waals surface area contributed by atoms with Crippen molar-refractivity contribution in [2.75, 3.05) is 18.5 Å². The normalized spacial score (nSPS) is 14.9. The Morgan fingerprint density at radius 2 is 2.06 bits per heavy atom. The highest BCUT2D eigenvalue weighted by Crippen LogP contribution is 2.25. The van der Waals surface area contributed by atoms with E-state index in [0.29, 0.717) is 24.1 Å². The second kappa shape index (κ2) is 9.13. The highest BCUT2D eigenvalue weighted by Gasteiger charge is 2.23. The van der Waals surface area contributed by atoms with E-state index in [-0.39, 0.29) is 24.0 Å². The van der Waals surface area contributed by atoms with Gasteiger partial charge in [-0.3, -0.25) is 9.69 Å². The summed E-state index contributed by atoms with van der Waals surface area (Å²) in [6.45, 7) is 7.59. The average Bonchev–Trinajstić information content (AvgIpc) is 3.28. The number of halogens is 1. The number of benzene rings is 1. The Labute approximate surface area is 186 Å².